The Morgan fingerprint density at radius 3 is 2.68 bits per heavy atom. The molecule has 1 atom stereocenters. The topological polar surface area (TPSA) is 78.1 Å². The molecule has 2 aliphatic rings. The molecule has 2 fully saturated rings. The van der Waals surface area contributed by atoms with Gasteiger partial charge in [-0.2, -0.15) is 5.10 Å². The molecule has 1 aromatic rings. The Balaban J connectivity index is 1.69. The van der Waals surface area contributed by atoms with Gasteiger partial charge in [-0.25, -0.2) is 0 Å². The fourth-order valence-corrected chi connectivity index (χ4v) is 3.58. The van der Waals surface area contributed by atoms with Crippen molar-refractivity contribution in [3.8, 4) is 0 Å². The van der Waals surface area contributed by atoms with Gasteiger partial charge in [0, 0.05) is 19.5 Å². The molecular weight excluding hydrogens is 280 g/mol. The molecule has 22 heavy (non-hydrogen) atoms. The van der Waals surface area contributed by atoms with Crippen LogP contribution in [0.1, 0.15) is 74.1 Å². The zero-order chi connectivity index (χ0) is 15.5. The second-order valence-corrected chi connectivity index (χ2v) is 6.39. The van der Waals surface area contributed by atoms with E-state index < -0.39 is 0 Å². The predicted molar refractivity (Wildman–Crippen MR) is 82.3 cm³/mol. The van der Waals surface area contributed by atoms with Crippen molar-refractivity contribution in [3.63, 3.8) is 0 Å². The van der Waals surface area contributed by atoms with Gasteiger partial charge in [0.2, 0.25) is 5.91 Å². The van der Waals surface area contributed by atoms with Crippen LogP contribution in [0.5, 0.6) is 0 Å². The number of hydrogen-bond acceptors (Lipinski definition) is 3. The van der Waals surface area contributed by atoms with Crippen LogP contribution in [0.2, 0.25) is 0 Å². The second kappa shape index (κ2) is 6.50. The molecule has 1 saturated carbocycles. The van der Waals surface area contributed by atoms with E-state index in [0.717, 1.165) is 44.3 Å². The van der Waals surface area contributed by atoms with Gasteiger partial charge in [-0.3, -0.25) is 14.7 Å². The summed E-state index contributed by atoms with van der Waals surface area (Å²) in [5.74, 6) is -0.0316. The summed E-state index contributed by atoms with van der Waals surface area (Å²) < 4.78 is 0. The molecule has 1 aromatic heterocycles. The summed E-state index contributed by atoms with van der Waals surface area (Å²) in [6.07, 6.45) is 7.55. The summed E-state index contributed by atoms with van der Waals surface area (Å²) in [6, 6.07) is 2.11. The van der Waals surface area contributed by atoms with Gasteiger partial charge in [-0.1, -0.05) is 12.8 Å². The van der Waals surface area contributed by atoms with E-state index in [-0.39, 0.29) is 23.9 Å². The van der Waals surface area contributed by atoms with Crippen molar-refractivity contribution >= 4 is 11.8 Å². The number of piperidine rings is 1. The summed E-state index contributed by atoms with van der Waals surface area (Å²) in [5, 5.41) is 10.2. The second-order valence-electron chi connectivity index (χ2n) is 6.39. The van der Waals surface area contributed by atoms with E-state index in [9.17, 15) is 9.59 Å². The summed E-state index contributed by atoms with van der Waals surface area (Å²) in [7, 11) is 0. The SMILES string of the molecule is CC(=O)N1CCCC[C@@H]1c1cc(C(=O)NC2CCCC2)n[nH]1. The van der Waals surface area contributed by atoms with Gasteiger partial charge in [0.1, 0.15) is 5.69 Å². The maximum atomic E-state index is 12.2. The van der Waals surface area contributed by atoms with Crippen LogP contribution in [0.25, 0.3) is 0 Å². The predicted octanol–water partition coefficient (Wildman–Crippen LogP) is 2.16. The van der Waals surface area contributed by atoms with Crippen LogP contribution in [0.4, 0.5) is 0 Å². The zero-order valence-electron chi connectivity index (χ0n) is 13.1. The number of H-pyrrole nitrogens is 1. The first kappa shape index (κ1) is 15.1. The highest BCUT2D eigenvalue weighted by Crippen LogP contribution is 2.30. The fraction of sp³-hybridized carbons (Fsp3) is 0.688. The highest BCUT2D eigenvalue weighted by atomic mass is 16.2. The van der Waals surface area contributed by atoms with Crippen molar-refractivity contribution in [1.29, 1.82) is 0 Å². The molecule has 0 spiro atoms. The number of amides is 2. The monoisotopic (exact) mass is 304 g/mol. The van der Waals surface area contributed by atoms with Crippen LogP contribution >= 0.6 is 0 Å². The lowest BCUT2D eigenvalue weighted by molar-refractivity contribution is -0.132. The van der Waals surface area contributed by atoms with Crippen molar-refractivity contribution < 1.29 is 9.59 Å². The Bertz CT molecular complexity index is 548. The van der Waals surface area contributed by atoms with Crippen LogP contribution in [0.3, 0.4) is 0 Å². The molecule has 0 unspecified atom stereocenters. The number of nitrogens with one attached hydrogen (secondary N) is 2. The minimum Gasteiger partial charge on any atom is -0.348 e. The normalized spacial score (nSPS) is 22.8. The van der Waals surface area contributed by atoms with Gasteiger partial charge < -0.3 is 10.2 Å². The number of carbonyl (C=O) groups is 2. The largest absolute Gasteiger partial charge is 0.348 e. The molecule has 2 heterocycles. The molecule has 1 aliphatic carbocycles. The maximum Gasteiger partial charge on any atom is 0.271 e. The maximum absolute atomic E-state index is 12.2. The van der Waals surface area contributed by atoms with Crippen molar-refractivity contribution in [2.75, 3.05) is 6.54 Å². The van der Waals surface area contributed by atoms with Crippen LogP contribution < -0.4 is 5.32 Å². The van der Waals surface area contributed by atoms with Crippen molar-refractivity contribution in [1.82, 2.24) is 20.4 Å². The fourth-order valence-electron chi connectivity index (χ4n) is 3.58. The van der Waals surface area contributed by atoms with E-state index in [1.807, 2.05) is 4.90 Å². The lowest BCUT2D eigenvalue weighted by atomic mass is 9.99. The smallest absolute Gasteiger partial charge is 0.271 e. The molecule has 2 N–H and O–H groups in total. The number of aromatic nitrogens is 2. The summed E-state index contributed by atoms with van der Waals surface area (Å²) in [5.41, 5.74) is 1.29. The number of nitrogens with zero attached hydrogens (tertiary/aromatic N) is 2. The third kappa shape index (κ3) is 3.15. The van der Waals surface area contributed by atoms with Gasteiger partial charge in [0.25, 0.3) is 5.91 Å². The molecule has 0 radical (unpaired) electrons. The van der Waals surface area contributed by atoms with Gasteiger partial charge in [-0.05, 0) is 38.2 Å². The Kier molecular flexibility index (Phi) is 4.45. The van der Waals surface area contributed by atoms with Gasteiger partial charge in [0.15, 0.2) is 0 Å². The van der Waals surface area contributed by atoms with Crippen molar-refractivity contribution in [3.05, 3.63) is 17.5 Å². The van der Waals surface area contributed by atoms with Crippen molar-refractivity contribution in [2.24, 2.45) is 0 Å². The third-order valence-corrected chi connectivity index (χ3v) is 4.79. The first-order valence-corrected chi connectivity index (χ1v) is 8.28. The van der Waals surface area contributed by atoms with E-state index in [2.05, 4.69) is 15.5 Å². The molecule has 0 bridgehead atoms. The summed E-state index contributed by atoms with van der Waals surface area (Å²) in [4.78, 5) is 25.9. The van der Waals surface area contributed by atoms with E-state index in [4.69, 9.17) is 0 Å². The molecule has 6 nitrogen and oxygen atoms in total. The van der Waals surface area contributed by atoms with Gasteiger partial charge in [-0.15, -0.1) is 0 Å². The van der Waals surface area contributed by atoms with Crippen LogP contribution in [-0.4, -0.2) is 39.5 Å². The molecule has 2 amide bonds. The average molecular weight is 304 g/mol. The average Bonchev–Trinajstić information content (AvgIpc) is 3.18. The number of aromatic amines is 1. The van der Waals surface area contributed by atoms with E-state index in [1.54, 1.807) is 13.0 Å². The van der Waals surface area contributed by atoms with Crippen LogP contribution in [0.15, 0.2) is 6.07 Å². The van der Waals surface area contributed by atoms with Gasteiger partial charge in [0.05, 0.1) is 11.7 Å². The third-order valence-electron chi connectivity index (χ3n) is 4.79. The number of likely N-dealkylation sites (tertiary alicyclic amines) is 1. The standard InChI is InChI=1S/C16H24N4O2/c1-11(21)20-9-5-4-8-15(20)13-10-14(19-18-13)16(22)17-12-6-2-3-7-12/h10,12,15H,2-9H2,1H3,(H,17,22)(H,18,19)/t15-/m1/s1. The van der Waals surface area contributed by atoms with E-state index in [1.165, 1.54) is 12.8 Å². The quantitative estimate of drug-likeness (QED) is 0.898. The number of carbonyl (C=O) groups excluding carboxylic acids is 2. The first-order chi connectivity index (χ1) is 10.6. The van der Waals surface area contributed by atoms with E-state index in [0.29, 0.717) is 5.69 Å². The molecule has 120 valence electrons. The van der Waals surface area contributed by atoms with Crippen LogP contribution in [-0.2, 0) is 4.79 Å². The number of rotatable bonds is 3. The highest BCUT2D eigenvalue weighted by Gasteiger charge is 2.28. The Morgan fingerprint density at radius 2 is 1.95 bits per heavy atom. The minimum absolute atomic E-state index is 0.0202. The lowest BCUT2D eigenvalue weighted by Gasteiger charge is -2.34. The summed E-state index contributed by atoms with van der Waals surface area (Å²) in [6.45, 7) is 2.38. The molecule has 1 aliphatic heterocycles. The lowest BCUT2D eigenvalue weighted by Crippen LogP contribution is -2.37. The molecule has 0 aromatic carbocycles. The van der Waals surface area contributed by atoms with Crippen molar-refractivity contribution in [2.45, 2.75) is 64.0 Å². The molecule has 3 rings (SSSR count). The zero-order valence-corrected chi connectivity index (χ0v) is 13.1. The Morgan fingerprint density at radius 1 is 1.23 bits per heavy atom. The van der Waals surface area contributed by atoms with Crippen LogP contribution in [0, 0.1) is 0 Å². The Hall–Kier alpha value is -1.85. The Labute approximate surface area is 130 Å². The minimum atomic E-state index is -0.111. The van der Waals surface area contributed by atoms with Gasteiger partial charge >= 0.3 is 0 Å². The summed E-state index contributed by atoms with van der Waals surface area (Å²) >= 11 is 0. The first-order valence-electron chi connectivity index (χ1n) is 8.28. The molecule has 6 heteroatoms. The highest BCUT2D eigenvalue weighted by molar-refractivity contribution is 5.92. The van der Waals surface area contributed by atoms with E-state index >= 15 is 0 Å². The molecular formula is C16H24N4O2. The number of hydrogen-bond donors (Lipinski definition) is 2. The molecule has 1 saturated heterocycles.